The largest absolute Gasteiger partial charge is 0.405 e. The first kappa shape index (κ1) is 21.1. The van der Waals surface area contributed by atoms with E-state index in [9.17, 15) is 4.79 Å². The summed E-state index contributed by atoms with van der Waals surface area (Å²) in [5.74, 6) is -0.420. The summed E-state index contributed by atoms with van der Waals surface area (Å²) >= 11 is 0. The highest BCUT2D eigenvalue weighted by atomic mass is 19.1. The van der Waals surface area contributed by atoms with E-state index in [0.29, 0.717) is 24.6 Å². The molecule has 0 amide bonds. The molecule has 3 aromatic rings. The molecule has 1 aromatic heterocycles. The fourth-order valence-corrected chi connectivity index (χ4v) is 4.51. The quantitative estimate of drug-likeness (QED) is 0.609. The molecule has 2 fully saturated rings. The highest BCUT2D eigenvalue weighted by Gasteiger charge is 2.37. The number of benzene rings is 2. The van der Waals surface area contributed by atoms with Crippen molar-refractivity contribution in [3.8, 4) is 5.69 Å². The summed E-state index contributed by atoms with van der Waals surface area (Å²) in [6.07, 6.45) is 6.36. The molecule has 2 aliphatic rings. The normalized spacial score (nSPS) is 20.5. The fraction of sp³-hybridized carbons (Fsp3) is 0.240. The molecular weight excluding hydrogens is 421 g/mol. The van der Waals surface area contributed by atoms with Crippen LogP contribution in [-0.2, 0) is 4.74 Å². The minimum Gasteiger partial charge on any atom is -0.405 e. The number of hydrogen-bond acceptors (Lipinski definition) is 6. The van der Waals surface area contributed by atoms with Crippen molar-refractivity contribution in [1.82, 2.24) is 9.78 Å². The van der Waals surface area contributed by atoms with E-state index in [4.69, 9.17) is 10.5 Å². The number of aromatic nitrogens is 2. The van der Waals surface area contributed by atoms with Gasteiger partial charge in [0.15, 0.2) is 11.5 Å². The maximum atomic E-state index is 15.2. The zero-order valence-corrected chi connectivity index (χ0v) is 18.0. The number of allylic oxidation sites excluding steroid dienone is 1. The Morgan fingerprint density at radius 2 is 1.88 bits per heavy atom. The van der Waals surface area contributed by atoms with Crippen LogP contribution in [0.2, 0.25) is 0 Å². The SMILES string of the molecule is NC=CC(=Nc1ccccc1)c1nn(-c2ccc(N3C4CCC3COC4)cc2F)ccc1=O. The van der Waals surface area contributed by atoms with Gasteiger partial charge >= 0.3 is 0 Å². The molecule has 8 heteroatoms. The second kappa shape index (κ2) is 8.99. The summed E-state index contributed by atoms with van der Waals surface area (Å²) < 4.78 is 22.2. The van der Waals surface area contributed by atoms with Crippen molar-refractivity contribution in [3.05, 3.63) is 94.8 Å². The van der Waals surface area contributed by atoms with E-state index in [1.807, 2.05) is 36.4 Å². The van der Waals surface area contributed by atoms with Crippen molar-refractivity contribution >= 4 is 17.1 Å². The summed E-state index contributed by atoms with van der Waals surface area (Å²) in [6.45, 7) is 1.34. The number of rotatable bonds is 5. The first-order chi connectivity index (χ1) is 16.1. The number of hydrogen-bond donors (Lipinski definition) is 1. The molecule has 5 rings (SSSR count). The predicted molar refractivity (Wildman–Crippen MR) is 126 cm³/mol. The standard InChI is InChI=1S/C25H24FN5O2/c26-21-14-18(31-19-6-7-20(31)16-33-15-19)8-9-23(21)30-13-11-24(32)25(29-30)22(10-12-27)28-17-4-2-1-3-5-17/h1-5,8-14,19-20H,6-7,15-16,27H2. The van der Waals surface area contributed by atoms with Crippen LogP contribution in [0.4, 0.5) is 15.8 Å². The van der Waals surface area contributed by atoms with E-state index < -0.39 is 5.82 Å². The summed E-state index contributed by atoms with van der Waals surface area (Å²) in [6, 6.07) is 16.2. The van der Waals surface area contributed by atoms with Crippen LogP contribution in [0.25, 0.3) is 5.69 Å². The predicted octanol–water partition coefficient (Wildman–Crippen LogP) is 3.33. The molecule has 0 radical (unpaired) electrons. The van der Waals surface area contributed by atoms with Crippen molar-refractivity contribution in [2.45, 2.75) is 24.9 Å². The summed E-state index contributed by atoms with van der Waals surface area (Å²) in [5.41, 5.74) is 7.37. The number of para-hydroxylation sites is 1. The molecular formula is C25H24FN5O2. The number of fused-ring (bicyclic) bond motifs is 2. The number of ether oxygens (including phenoxy) is 1. The second-order valence-electron chi connectivity index (χ2n) is 8.13. The van der Waals surface area contributed by atoms with Gasteiger partial charge in [-0.2, -0.15) is 5.10 Å². The molecule has 2 saturated heterocycles. The van der Waals surface area contributed by atoms with Crippen LogP contribution < -0.4 is 16.1 Å². The highest BCUT2D eigenvalue weighted by molar-refractivity contribution is 6.08. The average molecular weight is 445 g/mol. The minimum atomic E-state index is -0.420. The second-order valence-corrected chi connectivity index (χ2v) is 8.13. The van der Waals surface area contributed by atoms with Crippen molar-refractivity contribution in [2.24, 2.45) is 10.7 Å². The molecule has 2 N–H and O–H groups in total. The maximum Gasteiger partial charge on any atom is 0.209 e. The van der Waals surface area contributed by atoms with Gasteiger partial charge in [-0.3, -0.25) is 4.79 Å². The van der Waals surface area contributed by atoms with Gasteiger partial charge in [0.25, 0.3) is 0 Å². The van der Waals surface area contributed by atoms with E-state index in [1.54, 1.807) is 6.07 Å². The zero-order valence-electron chi connectivity index (χ0n) is 18.0. The third-order valence-corrected chi connectivity index (χ3v) is 6.03. The summed E-state index contributed by atoms with van der Waals surface area (Å²) in [4.78, 5) is 19.3. The molecule has 168 valence electrons. The van der Waals surface area contributed by atoms with Crippen LogP contribution in [0.3, 0.4) is 0 Å². The Kier molecular flexibility index (Phi) is 5.75. The topological polar surface area (TPSA) is 85.7 Å². The van der Waals surface area contributed by atoms with Crippen LogP contribution >= 0.6 is 0 Å². The number of anilines is 1. The molecule has 2 atom stereocenters. The first-order valence-corrected chi connectivity index (χ1v) is 10.9. The molecule has 7 nitrogen and oxygen atoms in total. The molecule has 2 bridgehead atoms. The van der Waals surface area contributed by atoms with Gasteiger partial charge in [0.05, 0.1) is 36.7 Å². The average Bonchev–Trinajstić information content (AvgIpc) is 3.08. The van der Waals surface area contributed by atoms with E-state index in [1.165, 1.54) is 35.3 Å². The van der Waals surface area contributed by atoms with Crippen LogP contribution in [0.15, 0.2) is 82.9 Å². The summed E-state index contributed by atoms with van der Waals surface area (Å²) in [7, 11) is 0. The molecule has 2 aromatic carbocycles. The van der Waals surface area contributed by atoms with E-state index in [-0.39, 0.29) is 28.9 Å². The Morgan fingerprint density at radius 1 is 1.12 bits per heavy atom. The molecule has 2 aliphatic heterocycles. The number of aliphatic imine (C=N–C) groups is 1. The van der Waals surface area contributed by atoms with Gasteiger partial charge < -0.3 is 15.4 Å². The smallest absolute Gasteiger partial charge is 0.209 e. The molecule has 0 spiro atoms. The Labute approximate surface area is 190 Å². The van der Waals surface area contributed by atoms with Crippen molar-refractivity contribution in [1.29, 1.82) is 0 Å². The number of halogens is 1. The lowest BCUT2D eigenvalue weighted by Gasteiger charge is -2.36. The van der Waals surface area contributed by atoms with Gasteiger partial charge in [0, 0.05) is 18.0 Å². The van der Waals surface area contributed by atoms with Gasteiger partial charge in [0.2, 0.25) is 5.43 Å². The molecule has 0 saturated carbocycles. The van der Waals surface area contributed by atoms with Crippen LogP contribution in [-0.4, -0.2) is 40.8 Å². The number of nitrogens with zero attached hydrogens (tertiary/aromatic N) is 4. The van der Waals surface area contributed by atoms with E-state index in [0.717, 1.165) is 18.5 Å². The number of nitrogens with two attached hydrogens (primary N) is 1. The highest BCUT2D eigenvalue weighted by Crippen LogP contribution is 2.34. The third-order valence-electron chi connectivity index (χ3n) is 6.03. The van der Waals surface area contributed by atoms with Crippen molar-refractivity contribution in [2.75, 3.05) is 18.1 Å². The van der Waals surface area contributed by atoms with Gasteiger partial charge in [-0.05, 0) is 55.4 Å². The van der Waals surface area contributed by atoms with Crippen LogP contribution in [0, 0.1) is 5.82 Å². The Morgan fingerprint density at radius 3 is 2.58 bits per heavy atom. The van der Waals surface area contributed by atoms with Crippen LogP contribution in [0.5, 0.6) is 0 Å². The zero-order chi connectivity index (χ0) is 22.8. The lowest BCUT2D eigenvalue weighted by molar-refractivity contribution is 0.0906. The van der Waals surface area contributed by atoms with E-state index in [2.05, 4.69) is 15.0 Å². The Hall–Kier alpha value is -3.78. The molecule has 3 heterocycles. The lowest BCUT2D eigenvalue weighted by Crippen LogP contribution is -2.45. The minimum absolute atomic E-state index is 0.0813. The number of morpholine rings is 1. The monoisotopic (exact) mass is 445 g/mol. The van der Waals surface area contributed by atoms with Crippen molar-refractivity contribution in [3.63, 3.8) is 0 Å². The van der Waals surface area contributed by atoms with Crippen LogP contribution in [0.1, 0.15) is 18.5 Å². The van der Waals surface area contributed by atoms with Crippen molar-refractivity contribution < 1.29 is 9.13 Å². The Bertz CT molecular complexity index is 1260. The van der Waals surface area contributed by atoms with E-state index >= 15 is 4.39 Å². The van der Waals surface area contributed by atoms with Gasteiger partial charge in [-0.1, -0.05) is 18.2 Å². The van der Waals surface area contributed by atoms with Gasteiger partial charge in [-0.15, -0.1) is 0 Å². The summed E-state index contributed by atoms with van der Waals surface area (Å²) in [5, 5.41) is 4.40. The molecule has 2 unspecified atom stereocenters. The lowest BCUT2D eigenvalue weighted by atomic mass is 10.2. The fourth-order valence-electron chi connectivity index (χ4n) is 4.51. The van der Waals surface area contributed by atoms with Gasteiger partial charge in [0.1, 0.15) is 5.69 Å². The van der Waals surface area contributed by atoms with Gasteiger partial charge in [-0.25, -0.2) is 14.1 Å². The maximum absolute atomic E-state index is 15.2. The third kappa shape index (κ3) is 4.17. The Balaban J connectivity index is 1.51. The molecule has 33 heavy (non-hydrogen) atoms. The first-order valence-electron chi connectivity index (χ1n) is 10.9. The molecule has 0 aliphatic carbocycles.